The lowest BCUT2D eigenvalue weighted by atomic mass is 9.89. The van der Waals surface area contributed by atoms with Crippen LogP contribution in [0.5, 0.6) is 0 Å². The number of hydrogen-bond acceptors (Lipinski definition) is 7. The van der Waals surface area contributed by atoms with Gasteiger partial charge in [0.05, 0.1) is 18.1 Å². The van der Waals surface area contributed by atoms with Gasteiger partial charge in [0.15, 0.2) is 8.32 Å². The van der Waals surface area contributed by atoms with Gasteiger partial charge in [0.1, 0.15) is 18.1 Å². The van der Waals surface area contributed by atoms with Crippen molar-refractivity contribution in [2.75, 3.05) is 6.61 Å². The monoisotopic (exact) mass is 646 g/mol. The minimum absolute atomic E-state index is 0.0306. The van der Waals surface area contributed by atoms with Crippen LogP contribution < -0.4 is 5.69 Å². The quantitative estimate of drug-likeness (QED) is 0.0924. The molecule has 1 N–H and O–H groups in total. The summed E-state index contributed by atoms with van der Waals surface area (Å²) in [6.07, 6.45) is 3.24. The molecule has 0 aliphatic carbocycles. The van der Waals surface area contributed by atoms with E-state index in [0.717, 1.165) is 12.0 Å². The molecule has 1 aliphatic heterocycles. The van der Waals surface area contributed by atoms with E-state index in [0.29, 0.717) is 23.1 Å². The van der Waals surface area contributed by atoms with Crippen molar-refractivity contribution in [3.8, 4) is 11.3 Å². The first kappa shape index (κ1) is 33.6. The molecule has 0 bridgehead atoms. The zero-order valence-electron chi connectivity index (χ0n) is 27.7. The number of fused-ring (bicyclic) bond motifs is 1. The second kappa shape index (κ2) is 13.9. The summed E-state index contributed by atoms with van der Waals surface area (Å²) in [7, 11) is -2.17. The van der Waals surface area contributed by atoms with Crippen molar-refractivity contribution in [1.82, 2.24) is 9.55 Å². The number of unbranched alkanes of at least 4 members (excludes halogenated alkanes) is 2. The van der Waals surface area contributed by atoms with Crippen LogP contribution in [-0.4, -0.2) is 41.8 Å². The molecule has 2 aromatic heterocycles. The molecule has 10 heteroatoms. The summed E-state index contributed by atoms with van der Waals surface area (Å²) in [6.45, 7) is 13.3. The van der Waals surface area contributed by atoms with Crippen molar-refractivity contribution < 1.29 is 28.2 Å². The zero-order valence-corrected chi connectivity index (χ0v) is 28.7. The van der Waals surface area contributed by atoms with E-state index in [1.165, 1.54) is 29.4 Å². The topological polar surface area (TPSA) is 113 Å². The van der Waals surface area contributed by atoms with Gasteiger partial charge >= 0.3 is 11.8 Å². The normalized spacial score (nSPS) is 19.4. The second-order valence-electron chi connectivity index (χ2n) is 13.8. The Balaban J connectivity index is 1.44. The Bertz CT molecular complexity index is 1670. The summed E-state index contributed by atoms with van der Waals surface area (Å²) in [5.41, 5.74) is 2.66. The smallest absolute Gasteiger partial charge is 0.450 e. The molecule has 246 valence electrons. The number of nitrogens with zero attached hydrogens (tertiary/aromatic N) is 2. The van der Waals surface area contributed by atoms with Gasteiger partial charge in [0.25, 0.3) is 0 Å². The maximum Gasteiger partial charge on any atom is 0.506 e. The molecule has 5 rings (SSSR count). The Labute approximate surface area is 271 Å². The third-order valence-electron chi connectivity index (χ3n) is 9.50. The Hall–Kier alpha value is -3.73. The molecule has 4 aromatic rings. The summed E-state index contributed by atoms with van der Waals surface area (Å²) >= 11 is 0. The Morgan fingerprint density at radius 1 is 1.11 bits per heavy atom. The maximum atomic E-state index is 13.4. The Kier molecular flexibility index (Phi) is 10.2. The number of furan rings is 1. The molecule has 1 saturated heterocycles. The van der Waals surface area contributed by atoms with Crippen molar-refractivity contribution in [2.45, 2.75) is 96.4 Å². The molecule has 3 heterocycles. The van der Waals surface area contributed by atoms with Gasteiger partial charge in [-0.2, -0.15) is 4.98 Å². The van der Waals surface area contributed by atoms with Gasteiger partial charge in [-0.1, -0.05) is 95.1 Å². The fourth-order valence-corrected chi connectivity index (χ4v) is 6.77. The number of benzene rings is 2. The van der Waals surface area contributed by atoms with Crippen molar-refractivity contribution in [2.24, 2.45) is 5.92 Å². The summed E-state index contributed by atoms with van der Waals surface area (Å²) in [5, 5.41) is 10.3. The SMILES string of the molecule is CCCCCc1ccc(-c2cc3cn([C@H]4C[C@@H](C(OC(=O)O)c5ccccc5)[C@H](CO[Si](C)(C)C(C)(C)C)O4)c(=O)nc3o2)cc1. The van der Waals surface area contributed by atoms with Crippen molar-refractivity contribution in [1.29, 1.82) is 0 Å². The van der Waals surface area contributed by atoms with Crippen LogP contribution in [0.3, 0.4) is 0 Å². The van der Waals surface area contributed by atoms with Crippen LogP contribution in [0.2, 0.25) is 18.1 Å². The zero-order chi connectivity index (χ0) is 33.1. The molecule has 46 heavy (non-hydrogen) atoms. The van der Waals surface area contributed by atoms with Crippen LogP contribution in [0.25, 0.3) is 22.4 Å². The lowest BCUT2D eigenvalue weighted by molar-refractivity contribution is -0.0497. The number of carbonyl (C=O) groups is 1. The number of aromatic nitrogens is 2. The molecule has 1 fully saturated rings. The van der Waals surface area contributed by atoms with Gasteiger partial charge in [0, 0.05) is 24.1 Å². The largest absolute Gasteiger partial charge is 0.506 e. The lowest BCUT2D eigenvalue weighted by Gasteiger charge is -2.37. The molecule has 1 aliphatic rings. The first-order valence-corrected chi connectivity index (χ1v) is 19.1. The molecule has 0 radical (unpaired) electrons. The number of carboxylic acid groups (broad SMARTS) is 1. The van der Waals surface area contributed by atoms with Gasteiger partial charge in [0.2, 0.25) is 5.71 Å². The highest BCUT2D eigenvalue weighted by atomic mass is 28.4. The van der Waals surface area contributed by atoms with Crippen LogP contribution in [0, 0.1) is 5.92 Å². The van der Waals surface area contributed by atoms with Gasteiger partial charge in [-0.25, -0.2) is 9.59 Å². The van der Waals surface area contributed by atoms with Crippen LogP contribution in [0.4, 0.5) is 4.79 Å². The van der Waals surface area contributed by atoms with Crippen LogP contribution in [0.1, 0.15) is 76.8 Å². The molecular formula is C36H46N2O7Si. The predicted molar refractivity (Wildman–Crippen MR) is 180 cm³/mol. The average Bonchev–Trinajstić information content (AvgIpc) is 3.62. The van der Waals surface area contributed by atoms with Crippen molar-refractivity contribution in [3.63, 3.8) is 0 Å². The fraction of sp³-hybridized carbons (Fsp3) is 0.472. The van der Waals surface area contributed by atoms with E-state index in [9.17, 15) is 14.7 Å². The molecule has 4 atom stereocenters. The molecule has 0 saturated carbocycles. The molecule has 0 amide bonds. The first-order chi connectivity index (χ1) is 21.9. The molecule has 0 spiro atoms. The molecule has 2 aromatic carbocycles. The molecule has 1 unspecified atom stereocenters. The number of ether oxygens (including phenoxy) is 2. The van der Waals surface area contributed by atoms with E-state index in [-0.39, 0.29) is 17.4 Å². The highest BCUT2D eigenvalue weighted by Crippen LogP contribution is 2.44. The fourth-order valence-electron chi connectivity index (χ4n) is 5.75. The first-order valence-electron chi connectivity index (χ1n) is 16.2. The summed E-state index contributed by atoms with van der Waals surface area (Å²) in [6, 6.07) is 19.4. The Morgan fingerprint density at radius 3 is 2.48 bits per heavy atom. The highest BCUT2D eigenvalue weighted by molar-refractivity contribution is 6.74. The molecular weight excluding hydrogens is 600 g/mol. The Morgan fingerprint density at radius 2 is 1.83 bits per heavy atom. The predicted octanol–water partition coefficient (Wildman–Crippen LogP) is 8.75. The minimum atomic E-state index is -2.17. The van der Waals surface area contributed by atoms with Gasteiger partial charge in [-0.15, -0.1) is 0 Å². The average molecular weight is 647 g/mol. The van der Waals surface area contributed by atoms with Crippen molar-refractivity contribution >= 4 is 25.6 Å². The number of hydrogen-bond donors (Lipinski definition) is 1. The van der Waals surface area contributed by atoms with E-state index >= 15 is 0 Å². The minimum Gasteiger partial charge on any atom is -0.450 e. The van der Waals surface area contributed by atoms with E-state index in [1.807, 2.05) is 48.5 Å². The van der Waals surface area contributed by atoms with E-state index in [1.54, 1.807) is 6.20 Å². The van der Waals surface area contributed by atoms with Crippen LogP contribution in [-0.2, 0) is 20.3 Å². The van der Waals surface area contributed by atoms with Gasteiger partial charge in [-0.05, 0) is 48.2 Å². The van der Waals surface area contributed by atoms with Gasteiger partial charge in [-0.3, -0.25) is 4.57 Å². The highest BCUT2D eigenvalue weighted by Gasteiger charge is 2.46. The molecule has 9 nitrogen and oxygen atoms in total. The maximum absolute atomic E-state index is 13.4. The third kappa shape index (κ3) is 7.62. The van der Waals surface area contributed by atoms with Crippen LogP contribution >= 0.6 is 0 Å². The summed E-state index contributed by atoms with van der Waals surface area (Å²) in [5.74, 6) is 0.219. The second-order valence-corrected chi connectivity index (χ2v) is 18.6. The van der Waals surface area contributed by atoms with Gasteiger partial charge < -0.3 is 23.4 Å². The summed E-state index contributed by atoms with van der Waals surface area (Å²) in [4.78, 5) is 29.5. The van der Waals surface area contributed by atoms with Crippen molar-refractivity contribution in [3.05, 3.63) is 88.5 Å². The third-order valence-corrected chi connectivity index (χ3v) is 14.0. The van der Waals surface area contributed by atoms with E-state index in [4.69, 9.17) is 18.3 Å². The van der Waals surface area contributed by atoms with E-state index in [2.05, 4.69) is 57.9 Å². The van der Waals surface area contributed by atoms with Crippen LogP contribution in [0.15, 0.2) is 76.1 Å². The lowest BCUT2D eigenvalue weighted by Crippen LogP contribution is -2.44. The number of rotatable bonds is 12. The summed E-state index contributed by atoms with van der Waals surface area (Å²) < 4.78 is 26.1. The number of aryl methyl sites for hydroxylation is 1. The van der Waals surface area contributed by atoms with E-state index < -0.39 is 44.5 Å². The standard InChI is InChI=1S/C36H46N2O7Si/c1-7-8-10-13-24-16-18-25(19-17-24)29-20-27-22-38(34(39)37-33(27)44-29)31-21-28(30(43-31)23-42-46(5,6)36(2,3)4)32(45-35(40)41)26-14-11-9-12-15-26/h9,11-12,14-20,22,28,30-32H,7-8,10,13,21,23H2,1-6H3,(H,40,41)/t28-,30+,31-,32?/m1/s1.